The normalized spacial score (nSPS) is 23.8. The monoisotopic (exact) mass is 357 g/mol. The minimum Gasteiger partial charge on any atom is -0.312 e. The van der Waals surface area contributed by atoms with Gasteiger partial charge in [-0.25, -0.2) is 0 Å². The van der Waals surface area contributed by atoms with Crippen LogP contribution in [0.3, 0.4) is 0 Å². The maximum atomic E-state index is 3.65. The van der Waals surface area contributed by atoms with Crippen LogP contribution in [0.15, 0.2) is 24.3 Å². The van der Waals surface area contributed by atoms with Crippen molar-refractivity contribution in [2.75, 3.05) is 6.54 Å². The Labute approximate surface area is 125 Å². The first-order chi connectivity index (χ1) is 8.44. The third kappa shape index (κ3) is 4.23. The first-order valence-electron chi connectivity index (χ1n) is 6.93. The van der Waals surface area contributed by atoms with E-state index in [0.717, 1.165) is 11.8 Å². The second-order valence-electron chi connectivity index (χ2n) is 6.56. The number of halogens is 1. The van der Waals surface area contributed by atoms with Crippen molar-refractivity contribution in [3.8, 4) is 0 Å². The van der Waals surface area contributed by atoms with E-state index in [0.29, 0.717) is 0 Å². The molecule has 0 spiro atoms. The van der Waals surface area contributed by atoms with E-state index in [1.165, 1.54) is 34.9 Å². The van der Waals surface area contributed by atoms with Crippen molar-refractivity contribution in [3.63, 3.8) is 0 Å². The van der Waals surface area contributed by atoms with Crippen LogP contribution in [-0.2, 0) is 6.42 Å². The fourth-order valence-electron chi connectivity index (χ4n) is 2.54. The minimum atomic E-state index is 0.253. The van der Waals surface area contributed by atoms with Crippen LogP contribution in [0.5, 0.6) is 0 Å². The molecule has 1 fully saturated rings. The second kappa shape index (κ2) is 5.91. The number of hydrogen-bond acceptors (Lipinski definition) is 1. The fraction of sp³-hybridized carbons (Fsp3) is 0.625. The zero-order valence-electron chi connectivity index (χ0n) is 11.7. The second-order valence-corrected chi connectivity index (χ2v) is 7.80. The van der Waals surface area contributed by atoms with Crippen LogP contribution >= 0.6 is 22.6 Å². The Balaban J connectivity index is 1.82. The molecule has 1 aromatic carbocycles. The van der Waals surface area contributed by atoms with Crippen molar-refractivity contribution in [1.82, 2.24) is 5.32 Å². The lowest BCUT2D eigenvalue weighted by atomic mass is 9.70. The lowest BCUT2D eigenvalue weighted by molar-refractivity contribution is 0.159. The summed E-state index contributed by atoms with van der Waals surface area (Å²) in [5, 5.41) is 3.65. The van der Waals surface area contributed by atoms with Gasteiger partial charge in [0.1, 0.15) is 0 Å². The Hall–Kier alpha value is -0.0900. The molecule has 1 aromatic rings. The molecule has 0 aromatic heterocycles. The van der Waals surface area contributed by atoms with E-state index in [4.69, 9.17) is 0 Å². The van der Waals surface area contributed by atoms with Gasteiger partial charge in [0.05, 0.1) is 0 Å². The van der Waals surface area contributed by atoms with Crippen LogP contribution in [0.25, 0.3) is 0 Å². The summed E-state index contributed by atoms with van der Waals surface area (Å²) in [5.41, 5.74) is 1.75. The van der Waals surface area contributed by atoms with Crippen LogP contribution in [0.2, 0.25) is 0 Å². The minimum absolute atomic E-state index is 0.253. The Morgan fingerprint density at radius 1 is 1.11 bits per heavy atom. The van der Waals surface area contributed by atoms with Gasteiger partial charge in [0, 0.05) is 9.11 Å². The van der Waals surface area contributed by atoms with Gasteiger partial charge >= 0.3 is 0 Å². The maximum Gasteiger partial charge on any atom is 0.0130 e. The van der Waals surface area contributed by atoms with E-state index in [-0.39, 0.29) is 5.54 Å². The molecule has 100 valence electrons. The Bertz CT molecular complexity index is 377. The summed E-state index contributed by atoms with van der Waals surface area (Å²) in [4.78, 5) is 0. The molecule has 0 aliphatic heterocycles. The molecule has 2 rings (SSSR count). The molecule has 0 heterocycles. The quantitative estimate of drug-likeness (QED) is 0.795. The third-order valence-electron chi connectivity index (χ3n) is 3.88. The molecule has 2 unspecified atom stereocenters. The standard InChI is InChI=1S/C16H24IN/c1-16(2,3)18-11-14-7-6-13(14)10-12-4-8-15(17)9-5-12/h4-5,8-9,13-14,18H,6-7,10-11H2,1-3H3. The summed E-state index contributed by atoms with van der Waals surface area (Å²) in [6.07, 6.45) is 4.06. The van der Waals surface area contributed by atoms with Crippen molar-refractivity contribution in [1.29, 1.82) is 0 Å². The van der Waals surface area contributed by atoms with E-state index < -0.39 is 0 Å². The molecule has 0 bridgehead atoms. The topological polar surface area (TPSA) is 12.0 Å². The van der Waals surface area contributed by atoms with Crippen molar-refractivity contribution >= 4 is 22.6 Å². The Morgan fingerprint density at radius 2 is 1.72 bits per heavy atom. The molecule has 0 radical (unpaired) electrons. The molecule has 1 aliphatic rings. The Morgan fingerprint density at radius 3 is 2.22 bits per heavy atom. The fourth-order valence-corrected chi connectivity index (χ4v) is 2.90. The smallest absolute Gasteiger partial charge is 0.0130 e. The summed E-state index contributed by atoms with van der Waals surface area (Å²) in [5.74, 6) is 1.77. The van der Waals surface area contributed by atoms with Crippen LogP contribution in [0.1, 0.15) is 39.2 Å². The van der Waals surface area contributed by atoms with Crippen LogP contribution in [0, 0.1) is 15.4 Å². The van der Waals surface area contributed by atoms with Crippen LogP contribution in [0.4, 0.5) is 0 Å². The number of nitrogens with one attached hydrogen (secondary N) is 1. The van der Waals surface area contributed by atoms with Gasteiger partial charge in [0.25, 0.3) is 0 Å². The highest BCUT2D eigenvalue weighted by Gasteiger charge is 2.31. The SMILES string of the molecule is CC(C)(C)NCC1CCC1Cc1ccc(I)cc1. The van der Waals surface area contributed by atoms with Gasteiger partial charge in [-0.15, -0.1) is 0 Å². The van der Waals surface area contributed by atoms with Crippen molar-refractivity contribution in [3.05, 3.63) is 33.4 Å². The molecule has 0 amide bonds. The molecule has 2 atom stereocenters. The zero-order valence-corrected chi connectivity index (χ0v) is 13.8. The van der Waals surface area contributed by atoms with E-state index in [2.05, 4.69) is 72.9 Å². The zero-order chi connectivity index (χ0) is 13.2. The average molecular weight is 357 g/mol. The summed E-state index contributed by atoms with van der Waals surface area (Å²) < 4.78 is 1.33. The van der Waals surface area contributed by atoms with Gasteiger partial charge in [-0.1, -0.05) is 12.1 Å². The highest BCUT2D eigenvalue weighted by molar-refractivity contribution is 14.1. The first kappa shape index (κ1) is 14.3. The lowest BCUT2D eigenvalue weighted by Gasteiger charge is -2.39. The average Bonchev–Trinajstić information content (AvgIpc) is 2.25. The van der Waals surface area contributed by atoms with E-state index in [9.17, 15) is 0 Å². The van der Waals surface area contributed by atoms with E-state index in [1.807, 2.05) is 0 Å². The van der Waals surface area contributed by atoms with E-state index >= 15 is 0 Å². The summed E-state index contributed by atoms with van der Waals surface area (Å²) in [7, 11) is 0. The lowest BCUT2D eigenvalue weighted by Crippen LogP contribution is -2.44. The molecule has 1 N–H and O–H groups in total. The number of benzene rings is 1. The van der Waals surface area contributed by atoms with Gasteiger partial charge in [-0.3, -0.25) is 0 Å². The van der Waals surface area contributed by atoms with E-state index in [1.54, 1.807) is 0 Å². The number of hydrogen-bond donors (Lipinski definition) is 1. The largest absolute Gasteiger partial charge is 0.312 e. The van der Waals surface area contributed by atoms with Crippen LogP contribution < -0.4 is 5.32 Å². The van der Waals surface area contributed by atoms with Crippen molar-refractivity contribution < 1.29 is 0 Å². The van der Waals surface area contributed by atoms with Gasteiger partial charge in [0.15, 0.2) is 0 Å². The van der Waals surface area contributed by atoms with Crippen LogP contribution in [-0.4, -0.2) is 12.1 Å². The molecule has 1 nitrogen and oxygen atoms in total. The maximum absolute atomic E-state index is 3.65. The number of rotatable bonds is 4. The Kier molecular flexibility index (Phi) is 4.70. The molecule has 2 heteroatoms. The molecular weight excluding hydrogens is 333 g/mol. The molecule has 1 aliphatic carbocycles. The van der Waals surface area contributed by atoms with Gasteiger partial charge in [0.2, 0.25) is 0 Å². The third-order valence-corrected chi connectivity index (χ3v) is 4.60. The summed E-state index contributed by atoms with van der Waals surface area (Å²) >= 11 is 2.37. The van der Waals surface area contributed by atoms with Crippen molar-refractivity contribution in [2.24, 2.45) is 11.8 Å². The molecular formula is C16H24IN. The van der Waals surface area contributed by atoms with Gasteiger partial charge < -0.3 is 5.32 Å². The molecule has 1 saturated carbocycles. The van der Waals surface area contributed by atoms with Crippen molar-refractivity contribution in [2.45, 2.75) is 45.6 Å². The highest BCUT2D eigenvalue weighted by atomic mass is 127. The summed E-state index contributed by atoms with van der Waals surface area (Å²) in [6.45, 7) is 7.93. The predicted molar refractivity (Wildman–Crippen MR) is 86.8 cm³/mol. The predicted octanol–water partition coefficient (Wildman–Crippen LogP) is 4.25. The summed E-state index contributed by atoms with van der Waals surface area (Å²) in [6, 6.07) is 9.01. The highest BCUT2D eigenvalue weighted by Crippen LogP contribution is 2.36. The first-order valence-corrected chi connectivity index (χ1v) is 8.01. The van der Waals surface area contributed by atoms with Gasteiger partial charge in [-0.2, -0.15) is 0 Å². The van der Waals surface area contributed by atoms with Gasteiger partial charge in [-0.05, 0) is 98.7 Å². The molecule has 18 heavy (non-hydrogen) atoms. The molecule has 0 saturated heterocycles.